The van der Waals surface area contributed by atoms with Gasteiger partial charge in [-0.3, -0.25) is 0 Å². The molecule has 1 unspecified atom stereocenters. The van der Waals surface area contributed by atoms with Crippen molar-refractivity contribution in [1.82, 2.24) is 0 Å². The SMILES string of the molecule is CN(CC1CCCO1)c1cc(Cl)ccc1C(=O)O. The average molecular weight is 270 g/mol. The maximum atomic E-state index is 11.2. The first-order valence-corrected chi connectivity index (χ1v) is 6.31. The van der Waals surface area contributed by atoms with E-state index < -0.39 is 5.97 Å². The summed E-state index contributed by atoms with van der Waals surface area (Å²) in [7, 11) is 1.86. The summed E-state index contributed by atoms with van der Waals surface area (Å²) in [6.45, 7) is 1.47. The van der Waals surface area contributed by atoms with E-state index in [2.05, 4.69) is 0 Å². The second-order valence-corrected chi connectivity index (χ2v) is 4.92. The van der Waals surface area contributed by atoms with Crippen molar-refractivity contribution >= 4 is 23.3 Å². The fraction of sp³-hybridized carbons (Fsp3) is 0.462. The van der Waals surface area contributed by atoms with Crippen molar-refractivity contribution in [1.29, 1.82) is 0 Å². The Labute approximate surface area is 111 Å². The highest BCUT2D eigenvalue weighted by Gasteiger charge is 2.20. The first-order chi connectivity index (χ1) is 8.58. The maximum Gasteiger partial charge on any atom is 0.337 e. The van der Waals surface area contributed by atoms with Crippen molar-refractivity contribution in [3.05, 3.63) is 28.8 Å². The summed E-state index contributed by atoms with van der Waals surface area (Å²) in [4.78, 5) is 13.1. The number of hydrogen-bond acceptors (Lipinski definition) is 3. The normalized spacial score (nSPS) is 18.9. The Morgan fingerprint density at radius 1 is 1.61 bits per heavy atom. The summed E-state index contributed by atoms with van der Waals surface area (Å²) < 4.78 is 5.55. The van der Waals surface area contributed by atoms with E-state index in [4.69, 9.17) is 21.4 Å². The number of carboxylic acids is 1. The third-order valence-electron chi connectivity index (χ3n) is 3.10. The van der Waals surface area contributed by atoms with Crippen LogP contribution in [0.2, 0.25) is 5.02 Å². The first-order valence-electron chi connectivity index (χ1n) is 5.93. The highest BCUT2D eigenvalue weighted by Crippen LogP contribution is 2.25. The Bertz CT molecular complexity index is 444. The molecule has 1 heterocycles. The molecule has 0 amide bonds. The fourth-order valence-corrected chi connectivity index (χ4v) is 2.36. The number of halogens is 1. The van der Waals surface area contributed by atoms with Gasteiger partial charge in [-0.15, -0.1) is 0 Å². The number of hydrogen-bond donors (Lipinski definition) is 1. The second-order valence-electron chi connectivity index (χ2n) is 4.48. The Morgan fingerprint density at radius 2 is 2.39 bits per heavy atom. The van der Waals surface area contributed by atoms with Crippen molar-refractivity contribution in [3.63, 3.8) is 0 Å². The van der Waals surface area contributed by atoms with E-state index in [-0.39, 0.29) is 11.7 Å². The van der Waals surface area contributed by atoms with Crippen LogP contribution in [-0.4, -0.2) is 37.4 Å². The molecule has 1 aliphatic rings. The number of likely N-dealkylation sites (N-methyl/N-ethyl adjacent to an activating group) is 1. The number of benzene rings is 1. The van der Waals surface area contributed by atoms with E-state index in [9.17, 15) is 4.79 Å². The van der Waals surface area contributed by atoms with Gasteiger partial charge in [0.1, 0.15) is 0 Å². The topological polar surface area (TPSA) is 49.8 Å². The number of aromatic carboxylic acids is 1. The van der Waals surface area contributed by atoms with Gasteiger partial charge in [-0.2, -0.15) is 0 Å². The summed E-state index contributed by atoms with van der Waals surface area (Å²) in [5.74, 6) is -0.944. The van der Waals surface area contributed by atoms with Crippen LogP contribution < -0.4 is 4.90 Å². The molecule has 0 aromatic heterocycles. The van der Waals surface area contributed by atoms with Gasteiger partial charge in [-0.25, -0.2) is 4.79 Å². The molecule has 18 heavy (non-hydrogen) atoms. The van der Waals surface area contributed by atoms with Gasteiger partial charge in [0.25, 0.3) is 0 Å². The summed E-state index contributed by atoms with van der Waals surface area (Å²) in [5.41, 5.74) is 0.894. The van der Waals surface area contributed by atoms with Gasteiger partial charge in [0.2, 0.25) is 0 Å². The molecule has 1 aromatic rings. The Hall–Kier alpha value is -1.26. The predicted molar refractivity (Wildman–Crippen MR) is 70.7 cm³/mol. The van der Waals surface area contributed by atoms with E-state index in [1.165, 1.54) is 6.07 Å². The number of rotatable bonds is 4. The molecule has 5 heteroatoms. The summed E-state index contributed by atoms with van der Waals surface area (Å²) in [5, 5.41) is 9.70. The minimum atomic E-state index is -0.944. The quantitative estimate of drug-likeness (QED) is 0.913. The second kappa shape index (κ2) is 5.59. The van der Waals surface area contributed by atoms with E-state index >= 15 is 0 Å². The van der Waals surface area contributed by atoms with Gasteiger partial charge in [0, 0.05) is 25.2 Å². The zero-order valence-electron chi connectivity index (χ0n) is 10.2. The van der Waals surface area contributed by atoms with Gasteiger partial charge in [-0.1, -0.05) is 11.6 Å². The highest BCUT2D eigenvalue weighted by atomic mass is 35.5. The van der Waals surface area contributed by atoms with Crippen LogP contribution in [0, 0.1) is 0 Å². The zero-order chi connectivity index (χ0) is 13.1. The standard InChI is InChI=1S/C13H16ClNO3/c1-15(8-10-3-2-6-18-10)12-7-9(14)4-5-11(12)13(16)17/h4-5,7,10H,2-3,6,8H2,1H3,(H,16,17). The van der Waals surface area contributed by atoms with Gasteiger partial charge < -0.3 is 14.7 Å². The van der Waals surface area contributed by atoms with Crippen molar-refractivity contribution in [2.45, 2.75) is 18.9 Å². The number of carboxylic acid groups (broad SMARTS) is 1. The Morgan fingerprint density at radius 3 is 3.00 bits per heavy atom. The molecular formula is C13H16ClNO3. The Kier molecular flexibility index (Phi) is 4.09. The molecule has 4 nitrogen and oxygen atoms in total. The van der Waals surface area contributed by atoms with Crippen LogP contribution in [0.25, 0.3) is 0 Å². The molecule has 1 N–H and O–H groups in total. The van der Waals surface area contributed by atoms with Crippen LogP contribution >= 0.6 is 11.6 Å². The van der Waals surface area contributed by atoms with Gasteiger partial charge in [-0.05, 0) is 31.0 Å². The molecule has 1 aliphatic heterocycles. The van der Waals surface area contributed by atoms with Gasteiger partial charge >= 0.3 is 5.97 Å². The molecule has 0 saturated carbocycles. The average Bonchev–Trinajstić information content (AvgIpc) is 2.81. The zero-order valence-corrected chi connectivity index (χ0v) is 11.0. The van der Waals surface area contributed by atoms with Crippen molar-refractivity contribution < 1.29 is 14.6 Å². The molecule has 0 radical (unpaired) electrons. The predicted octanol–water partition coefficient (Wildman–Crippen LogP) is 2.65. The van der Waals surface area contributed by atoms with Crippen LogP contribution in [0.3, 0.4) is 0 Å². The molecule has 0 aliphatic carbocycles. The summed E-state index contributed by atoms with van der Waals surface area (Å²) in [6.07, 6.45) is 2.27. The first kappa shape index (κ1) is 13.2. The summed E-state index contributed by atoms with van der Waals surface area (Å²) in [6, 6.07) is 4.81. The molecule has 1 aromatic carbocycles. The number of ether oxygens (including phenoxy) is 1. The van der Waals surface area contributed by atoms with Crippen LogP contribution in [0.1, 0.15) is 23.2 Å². The van der Waals surface area contributed by atoms with Crippen molar-refractivity contribution in [2.75, 3.05) is 25.1 Å². The Balaban J connectivity index is 2.19. The smallest absolute Gasteiger partial charge is 0.337 e. The van der Waals surface area contributed by atoms with E-state index in [1.807, 2.05) is 11.9 Å². The number of carbonyl (C=O) groups is 1. The minimum absolute atomic E-state index is 0.177. The third-order valence-corrected chi connectivity index (χ3v) is 3.34. The van der Waals surface area contributed by atoms with Crippen LogP contribution in [0.5, 0.6) is 0 Å². The largest absolute Gasteiger partial charge is 0.478 e. The molecule has 0 spiro atoms. The monoisotopic (exact) mass is 269 g/mol. The van der Waals surface area contributed by atoms with E-state index in [1.54, 1.807) is 12.1 Å². The molecule has 1 atom stereocenters. The van der Waals surface area contributed by atoms with Crippen LogP contribution in [0.15, 0.2) is 18.2 Å². The third kappa shape index (κ3) is 2.94. The van der Waals surface area contributed by atoms with Crippen molar-refractivity contribution in [2.24, 2.45) is 0 Å². The maximum absolute atomic E-state index is 11.2. The lowest BCUT2D eigenvalue weighted by molar-refractivity contribution is 0.0697. The van der Waals surface area contributed by atoms with E-state index in [0.29, 0.717) is 17.3 Å². The lowest BCUT2D eigenvalue weighted by Gasteiger charge is -2.24. The lowest BCUT2D eigenvalue weighted by Crippen LogP contribution is -2.29. The van der Waals surface area contributed by atoms with Gasteiger partial charge in [0.15, 0.2) is 0 Å². The van der Waals surface area contributed by atoms with Crippen LogP contribution in [-0.2, 0) is 4.74 Å². The van der Waals surface area contributed by atoms with E-state index in [0.717, 1.165) is 19.4 Å². The molecule has 2 rings (SSSR count). The molecular weight excluding hydrogens is 254 g/mol. The van der Waals surface area contributed by atoms with Crippen molar-refractivity contribution in [3.8, 4) is 0 Å². The molecule has 1 fully saturated rings. The van der Waals surface area contributed by atoms with Gasteiger partial charge in [0.05, 0.1) is 17.4 Å². The molecule has 1 saturated heterocycles. The lowest BCUT2D eigenvalue weighted by atomic mass is 10.1. The fourth-order valence-electron chi connectivity index (χ4n) is 2.19. The van der Waals surface area contributed by atoms with Crippen LogP contribution in [0.4, 0.5) is 5.69 Å². The molecule has 98 valence electrons. The number of nitrogens with zero attached hydrogens (tertiary/aromatic N) is 1. The number of anilines is 1. The minimum Gasteiger partial charge on any atom is -0.478 e. The summed E-state index contributed by atoms with van der Waals surface area (Å²) >= 11 is 5.93. The highest BCUT2D eigenvalue weighted by molar-refractivity contribution is 6.31. The molecule has 0 bridgehead atoms.